The first kappa shape index (κ1) is 14.4. The van der Waals surface area contributed by atoms with Gasteiger partial charge in [-0.3, -0.25) is 9.69 Å². The van der Waals surface area contributed by atoms with Crippen LogP contribution < -0.4 is 5.73 Å². The van der Waals surface area contributed by atoms with Gasteiger partial charge in [0, 0.05) is 37.4 Å². The van der Waals surface area contributed by atoms with Crippen molar-refractivity contribution in [1.82, 2.24) is 9.80 Å². The minimum absolute atomic E-state index is 0.0644. The molecule has 1 fully saturated rings. The van der Waals surface area contributed by atoms with Crippen LogP contribution in [0.3, 0.4) is 0 Å². The zero-order chi connectivity index (χ0) is 14.7. The molecule has 1 aromatic rings. The van der Waals surface area contributed by atoms with E-state index in [4.69, 9.17) is 12.2 Å². The highest BCUT2D eigenvalue weighted by Crippen LogP contribution is 2.20. The summed E-state index contributed by atoms with van der Waals surface area (Å²) in [5.74, 6) is 2.71. The van der Waals surface area contributed by atoms with Crippen LogP contribution in [0.15, 0.2) is 12.1 Å². The second kappa shape index (κ2) is 5.98. The predicted octanol–water partition coefficient (Wildman–Crippen LogP) is 1.28. The number of nitrogens with two attached hydrogens (primary N) is 1. The summed E-state index contributed by atoms with van der Waals surface area (Å²) in [6.07, 6.45) is 5.31. The Morgan fingerprint density at radius 2 is 1.90 bits per heavy atom. The average Bonchev–Trinajstić information content (AvgIpc) is 2.43. The van der Waals surface area contributed by atoms with E-state index in [2.05, 4.69) is 10.8 Å². The van der Waals surface area contributed by atoms with Crippen LogP contribution in [0.2, 0.25) is 0 Å². The molecule has 4 nitrogen and oxygen atoms in total. The minimum Gasteiger partial charge on any atom is -0.398 e. The third kappa shape index (κ3) is 2.94. The summed E-state index contributed by atoms with van der Waals surface area (Å²) in [7, 11) is 0. The Morgan fingerprint density at radius 3 is 2.50 bits per heavy atom. The maximum atomic E-state index is 12.6. The van der Waals surface area contributed by atoms with Crippen molar-refractivity contribution < 1.29 is 4.79 Å². The monoisotopic (exact) mass is 271 g/mol. The number of anilines is 1. The number of amides is 1. The number of nitrogens with zero attached hydrogens (tertiary/aromatic N) is 2. The lowest BCUT2D eigenvalue weighted by Crippen LogP contribution is -2.48. The molecule has 0 aromatic heterocycles. The molecule has 106 valence electrons. The number of carbonyl (C=O) groups is 1. The van der Waals surface area contributed by atoms with Crippen molar-refractivity contribution in [3.63, 3.8) is 0 Å². The minimum atomic E-state index is 0.0644. The predicted molar refractivity (Wildman–Crippen MR) is 81.5 cm³/mol. The fraction of sp³-hybridized carbons (Fsp3) is 0.438. The van der Waals surface area contributed by atoms with Gasteiger partial charge >= 0.3 is 0 Å². The molecular weight excluding hydrogens is 250 g/mol. The molecule has 0 spiro atoms. The van der Waals surface area contributed by atoms with E-state index >= 15 is 0 Å². The van der Waals surface area contributed by atoms with Crippen LogP contribution in [0, 0.1) is 26.2 Å². The van der Waals surface area contributed by atoms with Gasteiger partial charge in [0.05, 0.1) is 6.54 Å². The zero-order valence-corrected chi connectivity index (χ0v) is 12.1. The van der Waals surface area contributed by atoms with Gasteiger partial charge in [0.15, 0.2) is 0 Å². The van der Waals surface area contributed by atoms with E-state index in [1.54, 1.807) is 6.07 Å². The maximum absolute atomic E-state index is 12.6. The van der Waals surface area contributed by atoms with Crippen LogP contribution in [-0.4, -0.2) is 48.4 Å². The number of hydrogen-bond acceptors (Lipinski definition) is 3. The quantitative estimate of drug-likeness (QED) is 0.651. The summed E-state index contributed by atoms with van der Waals surface area (Å²) < 4.78 is 0. The molecule has 0 saturated carbocycles. The van der Waals surface area contributed by atoms with Crippen molar-refractivity contribution in [2.24, 2.45) is 0 Å². The number of nitrogen functional groups attached to an aromatic ring is 1. The van der Waals surface area contributed by atoms with Crippen molar-refractivity contribution >= 4 is 11.6 Å². The lowest BCUT2D eigenvalue weighted by Gasteiger charge is -2.34. The summed E-state index contributed by atoms with van der Waals surface area (Å²) in [5.41, 5.74) is 9.29. The van der Waals surface area contributed by atoms with Gasteiger partial charge in [-0.25, -0.2) is 0 Å². The second-order valence-corrected chi connectivity index (χ2v) is 5.30. The normalized spacial score (nSPS) is 15.9. The summed E-state index contributed by atoms with van der Waals surface area (Å²) in [4.78, 5) is 16.6. The number of rotatable bonds is 2. The van der Waals surface area contributed by atoms with Crippen molar-refractivity contribution in [2.45, 2.75) is 13.8 Å². The van der Waals surface area contributed by atoms with Crippen molar-refractivity contribution in [3.8, 4) is 12.3 Å². The first-order valence-corrected chi connectivity index (χ1v) is 6.84. The Morgan fingerprint density at radius 1 is 1.25 bits per heavy atom. The van der Waals surface area contributed by atoms with Crippen molar-refractivity contribution in [2.75, 3.05) is 38.5 Å². The van der Waals surface area contributed by atoms with Crippen LogP contribution in [0.25, 0.3) is 0 Å². The van der Waals surface area contributed by atoms with Crippen LogP contribution in [-0.2, 0) is 0 Å². The molecule has 2 N–H and O–H groups in total. The molecule has 4 heteroatoms. The van der Waals surface area contributed by atoms with E-state index in [1.807, 2.05) is 24.8 Å². The molecule has 1 aromatic carbocycles. The molecule has 0 aliphatic carbocycles. The van der Waals surface area contributed by atoms with E-state index in [0.29, 0.717) is 30.9 Å². The summed E-state index contributed by atoms with van der Waals surface area (Å²) >= 11 is 0. The average molecular weight is 271 g/mol. The van der Waals surface area contributed by atoms with Crippen molar-refractivity contribution in [3.05, 3.63) is 28.8 Å². The molecule has 1 heterocycles. The Kier molecular flexibility index (Phi) is 4.31. The van der Waals surface area contributed by atoms with Gasteiger partial charge in [-0.2, -0.15) is 0 Å². The number of benzene rings is 1. The van der Waals surface area contributed by atoms with Crippen LogP contribution in [0.4, 0.5) is 5.69 Å². The van der Waals surface area contributed by atoms with Gasteiger partial charge in [0.25, 0.3) is 5.91 Å². The van der Waals surface area contributed by atoms with E-state index in [0.717, 1.165) is 24.2 Å². The summed E-state index contributed by atoms with van der Waals surface area (Å²) in [5, 5.41) is 0. The molecule has 1 aliphatic heterocycles. The molecule has 0 unspecified atom stereocenters. The molecule has 0 atom stereocenters. The van der Waals surface area contributed by atoms with E-state index < -0.39 is 0 Å². The van der Waals surface area contributed by atoms with Crippen LogP contribution in [0.1, 0.15) is 21.5 Å². The van der Waals surface area contributed by atoms with Crippen LogP contribution in [0.5, 0.6) is 0 Å². The van der Waals surface area contributed by atoms with Gasteiger partial charge in [0.2, 0.25) is 0 Å². The lowest BCUT2D eigenvalue weighted by atomic mass is 10.0. The molecule has 1 saturated heterocycles. The van der Waals surface area contributed by atoms with Gasteiger partial charge in [-0.15, -0.1) is 6.42 Å². The highest BCUT2D eigenvalue weighted by Gasteiger charge is 2.23. The van der Waals surface area contributed by atoms with Gasteiger partial charge < -0.3 is 10.6 Å². The summed E-state index contributed by atoms with van der Waals surface area (Å²) in [6, 6.07) is 3.76. The largest absolute Gasteiger partial charge is 0.398 e. The number of terminal acetylenes is 1. The highest BCUT2D eigenvalue weighted by molar-refractivity contribution is 5.96. The SMILES string of the molecule is C#CCN1CCN(C(=O)c2cc(N)c(C)cc2C)CC1. The fourth-order valence-corrected chi connectivity index (χ4v) is 2.51. The van der Waals surface area contributed by atoms with E-state index in [9.17, 15) is 4.79 Å². The van der Waals surface area contributed by atoms with Gasteiger partial charge in [-0.1, -0.05) is 12.0 Å². The first-order chi connectivity index (χ1) is 9.52. The molecule has 0 radical (unpaired) electrons. The highest BCUT2D eigenvalue weighted by atomic mass is 16.2. The van der Waals surface area contributed by atoms with Gasteiger partial charge in [0.1, 0.15) is 0 Å². The van der Waals surface area contributed by atoms with Crippen LogP contribution >= 0.6 is 0 Å². The number of hydrogen-bond donors (Lipinski definition) is 1. The number of carbonyl (C=O) groups excluding carboxylic acids is 1. The van der Waals surface area contributed by atoms with Gasteiger partial charge in [-0.05, 0) is 31.0 Å². The Labute approximate surface area is 120 Å². The maximum Gasteiger partial charge on any atom is 0.254 e. The molecular formula is C16H21N3O. The van der Waals surface area contributed by atoms with Crippen molar-refractivity contribution in [1.29, 1.82) is 0 Å². The Balaban J connectivity index is 2.10. The second-order valence-electron chi connectivity index (χ2n) is 5.30. The van der Waals surface area contributed by atoms with E-state index in [-0.39, 0.29) is 5.91 Å². The lowest BCUT2D eigenvalue weighted by molar-refractivity contribution is 0.0651. The topological polar surface area (TPSA) is 49.6 Å². The molecule has 1 aliphatic rings. The molecule has 0 bridgehead atoms. The molecule has 20 heavy (non-hydrogen) atoms. The fourth-order valence-electron chi connectivity index (χ4n) is 2.51. The Bertz CT molecular complexity index is 552. The smallest absolute Gasteiger partial charge is 0.254 e. The number of piperazine rings is 1. The third-order valence-corrected chi connectivity index (χ3v) is 3.82. The molecule has 2 rings (SSSR count). The summed E-state index contributed by atoms with van der Waals surface area (Å²) in [6.45, 7) is 7.65. The first-order valence-electron chi connectivity index (χ1n) is 6.84. The number of aryl methyl sites for hydroxylation is 2. The third-order valence-electron chi connectivity index (χ3n) is 3.82. The standard InChI is InChI=1S/C16H21N3O/c1-4-5-18-6-8-19(9-7-18)16(20)14-11-15(17)13(3)10-12(14)2/h1,10-11H,5-9,17H2,2-3H3. The zero-order valence-electron chi connectivity index (χ0n) is 12.1. The van der Waals surface area contributed by atoms with E-state index in [1.165, 1.54) is 0 Å². The molecule has 1 amide bonds. The Hall–Kier alpha value is -1.99.